The molecule has 1 heterocycles. The van der Waals surface area contributed by atoms with Crippen LogP contribution in [0.3, 0.4) is 0 Å². The second-order valence-corrected chi connectivity index (χ2v) is 5.33. The lowest BCUT2D eigenvalue weighted by Gasteiger charge is -2.21. The van der Waals surface area contributed by atoms with Crippen LogP contribution in [0.1, 0.15) is 20.7 Å². The summed E-state index contributed by atoms with van der Waals surface area (Å²) in [4.78, 5) is 40.5. The first kappa shape index (κ1) is 15.2. The van der Waals surface area contributed by atoms with Crippen LogP contribution in [0.5, 0.6) is 0 Å². The number of carbonyl (C=O) groups excluding carboxylic acids is 3. The fraction of sp³-hybridized carbons (Fsp3) is 0.400. The van der Waals surface area contributed by atoms with Crippen molar-refractivity contribution in [1.82, 2.24) is 14.7 Å². The van der Waals surface area contributed by atoms with Crippen LogP contribution in [0.15, 0.2) is 24.3 Å². The summed E-state index contributed by atoms with van der Waals surface area (Å²) in [5.41, 5.74) is 0.907. The number of hydrogen-bond acceptors (Lipinski definition) is 4. The predicted octanol–water partition coefficient (Wildman–Crippen LogP) is 0.303. The van der Waals surface area contributed by atoms with Crippen LogP contribution in [0.25, 0.3) is 0 Å². The summed E-state index contributed by atoms with van der Waals surface area (Å²) in [6.45, 7) is 1.00. The van der Waals surface area contributed by atoms with Crippen LogP contribution in [0.2, 0.25) is 0 Å². The molecule has 1 aromatic rings. The molecule has 0 spiro atoms. The maximum Gasteiger partial charge on any atom is 0.261 e. The molecule has 0 saturated carbocycles. The Kier molecular flexibility index (Phi) is 4.37. The highest BCUT2D eigenvalue weighted by atomic mass is 16.2. The first-order chi connectivity index (χ1) is 9.91. The molecule has 6 heteroatoms. The highest BCUT2D eigenvalue weighted by molar-refractivity contribution is 6.21. The predicted molar refractivity (Wildman–Crippen MR) is 78.0 cm³/mol. The van der Waals surface area contributed by atoms with Crippen molar-refractivity contribution in [3.8, 4) is 0 Å². The Hall–Kier alpha value is -2.21. The van der Waals surface area contributed by atoms with E-state index in [1.54, 1.807) is 50.3 Å². The quantitative estimate of drug-likeness (QED) is 0.732. The fourth-order valence-electron chi connectivity index (χ4n) is 2.16. The van der Waals surface area contributed by atoms with Crippen molar-refractivity contribution in [1.29, 1.82) is 0 Å². The van der Waals surface area contributed by atoms with Crippen molar-refractivity contribution in [3.05, 3.63) is 35.4 Å². The van der Waals surface area contributed by atoms with E-state index in [0.717, 1.165) is 0 Å². The first-order valence-electron chi connectivity index (χ1n) is 6.75. The van der Waals surface area contributed by atoms with E-state index in [4.69, 9.17) is 0 Å². The van der Waals surface area contributed by atoms with E-state index in [2.05, 4.69) is 0 Å². The molecule has 1 aliphatic heterocycles. The highest BCUT2D eigenvalue weighted by Gasteiger charge is 2.34. The Morgan fingerprint density at radius 3 is 2.05 bits per heavy atom. The molecule has 0 atom stereocenters. The number of benzene rings is 1. The van der Waals surface area contributed by atoms with Gasteiger partial charge in [-0.05, 0) is 19.2 Å². The van der Waals surface area contributed by atoms with Crippen molar-refractivity contribution in [2.24, 2.45) is 0 Å². The standard InChI is InChI=1S/C15H19N3O3/c1-16(2)13(19)10-17(3)8-9-18-14(20)11-6-4-5-7-12(11)15(18)21/h4-7H,8-10H2,1-3H3. The minimum Gasteiger partial charge on any atom is -0.348 e. The van der Waals surface area contributed by atoms with Gasteiger partial charge in [0, 0.05) is 27.2 Å². The molecule has 0 N–H and O–H groups in total. The third-order valence-electron chi connectivity index (χ3n) is 3.49. The Balaban J connectivity index is 1.95. The average Bonchev–Trinajstić information content (AvgIpc) is 2.69. The summed E-state index contributed by atoms with van der Waals surface area (Å²) in [6.07, 6.45) is 0. The molecule has 1 aromatic carbocycles. The molecule has 0 saturated heterocycles. The molecule has 112 valence electrons. The lowest BCUT2D eigenvalue weighted by Crippen LogP contribution is -2.40. The fourth-order valence-corrected chi connectivity index (χ4v) is 2.16. The van der Waals surface area contributed by atoms with E-state index in [1.807, 2.05) is 0 Å². The van der Waals surface area contributed by atoms with Gasteiger partial charge in [-0.1, -0.05) is 12.1 Å². The summed E-state index contributed by atoms with van der Waals surface area (Å²) < 4.78 is 0. The molecule has 0 aliphatic carbocycles. The van der Waals surface area contributed by atoms with Gasteiger partial charge in [0.2, 0.25) is 5.91 Å². The van der Waals surface area contributed by atoms with Crippen LogP contribution in [-0.2, 0) is 4.79 Å². The third kappa shape index (κ3) is 3.11. The molecular formula is C15H19N3O3. The van der Waals surface area contributed by atoms with Gasteiger partial charge in [0.15, 0.2) is 0 Å². The topological polar surface area (TPSA) is 60.9 Å². The summed E-state index contributed by atoms with van der Waals surface area (Å²) in [5.74, 6) is -0.536. The van der Waals surface area contributed by atoms with Crippen LogP contribution in [0, 0.1) is 0 Å². The number of rotatable bonds is 5. The van der Waals surface area contributed by atoms with Gasteiger partial charge < -0.3 is 4.90 Å². The number of imide groups is 1. The molecule has 2 rings (SSSR count). The second kappa shape index (κ2) is 6.05. The van der Waals surface area contributed by atoms with E-state index in [-0.39, 0.29) is 30.8 Å². The van der Waals surface area contributed by atoms with Gasteiger partial charge in [-0.3, -0.25) is 24.2 Å². The Bertz CT molecular complexity index is 548. The normalized spacial score (nSPS) is 13.8. The summed E-state index contributed by atoms with van der Waals surface area (Å²) in [6, 6.07) is 6.81. The lowest BCUT2D eigenvalue weighted by atomic mass is 10.1. The Morgan fingerprint density at radius 1 is 1.05 bits per heavy atom. The van der Waals surface area contributed by atoms with Crippen LogP contribution in [0.4, 0.5) is 0 Å². The molecule has 0 radical (unpaired) electrons. The molecule has 3 amide bonds. The van der Waals surface area contributed by atoms with Gasteiger partial charge in [0.1, 0.15) is 0 Å². The van der Waals surface area contributed by atoms with Crippen molar-refractivity contribution >= 4 is 17.7 Å². The number of nitrogens with zero attached hydrogens (tertiary/aromatic N) is 3. The zero-order valence-electron chi connectivity index (χ0n) is 12.5. The van der Waals surface area contributed by atoms with Crippen LogP contribution >= 0.6 is 0 Å². The van der Waals surface area contributed by atoms with Gasteiger partial charge in [0.05, 0.1) is 17.7 Å². The van der Waals surface area contributed by atoms with E-state index in [0.29, 0.717) is 17.7 Å². The summed E-state index contributed by atoms with van der Waals surface area (Å²) >= 11 is 0. The SMILES string of the molecule is CN(CCN1C(=O)c2ccccc2C1=O)CC(=O)N(C)C. The van der Waals surface area contributed by atoms with Crippen molar-refractivity contribution < 1.29 is 14.4 Å². The molecule has 0 aromatic heterocycles. The number of carbonyl (C=O) groups is 3. The van der Waals surface area contributed by atoms with Crippen LogP contribution in [-0.4, -0.2) is 73.2 Å². The minimum atomic E-state index is -0.261. The van der Waals surface area contributed by atoms with E-state index in [1.165, 1.54) is 9.80 Å². The smallest absolute Gasteiger partial charge is 0.261 e. The van der Waals surface area contributed by atoms with Gasteiger partial charge in [-0.15, -0.1) is 0 Å². The maximum absolute atomic E-state index is 12.2. The van der Waals surface area contributed by atoms with E-state index < -0.39 is 0 Å². The summed E-state index contributed by atoms with van der Waals surface area (Å²) in [7, 11) is 5.18. The van der Waals surface area contributed by atoms with Crippen molar-refractivity contribution in [2.45, 2.75) is 0 Å². The molecule has 6 nitrogen and oxygen atoms in total. The van der Waals surface area contributed by atoms with Gasteiger partial charge >= 0.3 is 0 Å². The molecule has 0 unspecified atom stereocenters. The average molecular weight is 289 g/mol. The summed E-state index contributed by atoms with van der Waals surface area (Å²) in [5, 5.41) is 0. The van der Waals surface area contributed by atoms with E-state index in [9.17, 15) is 14.4 Å². The minimum absolute atomic E-state index is 0.0140. The van der Waals surface area contributed by atoms with Gasteiger partial charge in [-0.25, -0.2) is 0 Å². The Labute approximate surface area is 123 Å². The molecule has 1 aliphatic rings. The largest absolute Gasteiger partial charge is 0.348 e. The number of amides is 3. The maximum atomic E-state index is 12.2. The zero-order chi connectivity index (χ0) is 15.6. The molecular weight excluding hydrogens is 270 g/mol. The first-order valence-corrected chi connectivity index (χ1v) is 6.75. The van der Waals surface area contributed by atoms with Crippen molar-refractivity contribution in [2.75, 3.05) is 40.8 Å². The van der Waals surface area contributed by atoms with Crippen LogP contribution < -0.4 is 0 Å². The van der Waals surface area contributed by atoms with E-state index >= 15 is 0 Å². The van der Waals surface area contributed by atoms with Crippen molar-refractivity contribution in [3.63, 3.8) is 0 Å². The zero-order valence-corrected chi connectivity index (χ0v) is 12.5. The Morgan fingerprint density at radius 2 is 1.57 bits per heavy atom. The molecule has 0 fully saturated rings. The molecule has 0 bridgehead atoms. The molecule has 21 heavy (non-hydrogen) atoms. The monoisotopic (exact) mass is 289 g/mol. The second-order valence-electron chi connectivity index (χ2n) is 5.33. The number of likely N-dealkylation sites (N-methyl/N-ethyl adjacent to an activating group) is 2. The van der Waals surface area contributed by atoms with Gasteiger partial charge in [-0.2, -0.15) is 0 Å². The number of fused-ring (bicyclic) bond motifs is 1. The third-order valence-corrected chi connectivity index (χ3v) is 3.49. The number of hydrogen-bond donors (Lipinski definition) is 0. The highest BCUT2D eigenvalue weighted by Crippen LogP contribution is 2.21. The lowest BCUT2D eigenvalue weighted by molar-refractivity contribution is -0.129. The van der Waals surface area contributed by atoms with Gasteiger partial charge in [0.25, 0.3) is 11.8 Å².